The second-order valence-electron chi connectivity index (χ2n) is 10.8. The first kappa shape index (κ1) is 30.3. The third kappa shape index (κ3) is 4.03. The van der Waals surface area contributed by atoms with Gasteiger partial charge in [-0.1, -0.05) is 33.6 Å². The third-order valence-corrected chi connectivity index (χ3v) is 11.7. The molecule has 4 amide bonds. The lowest BCUT2D eigenvalue weighted by Crippen LogP contribution is -2.60. The van der Waals surface area contributed by atoms with Crippen molar-refractivity contribution in [3.63, 3.8) is 0 Å². The van der Waals surface area contributed by atoms with Gasteiger partial charge >= 0.3 is 0 Å². The number of hydrogen-bond acceptors (Lipinski definition) is 8. The summed E-state index contributed by atoms with van der Waals surface area (Å²) in [6, 6.07) is 8.40. The number of nitro groups is 1. The average molecular weight is 805 g/mol. The lowest BCUT2D eigenvalue weighted by atomic mass is 9.56. The van der Waals surface area contributed by atoms with Crippen molar-refractivity contribution in [3.05, 3.63) is 67.3 Å². The summed E-state index contributed by atoms with van der Waals surface area (Å²) in [5.41, 5.74) is 0.617. The summed E-state index contributed by atoms with van der Waals surface area (Å²) in [5, 5.41) is 21.9. The van der Waals surface area contributed by atoms with Crippen molar-refractivity contribution in [3.8, 4) is 11.5 Å². The van der Waals surface area contributed by atoms with Crippen LogP contribution in [0.15, 0.2) is 48.0 Å². The van der Waals surface area contributed by atoms with Gasteiger partial charge in [0.2, 0.25) is 11.8 Å². The van der Waals surface area contributed by atoms with E-state index in [1.54, 1.807) is 12.1 Å². The van der Waals surface area contributed by atoms with Gasteiger partial charge in [0.25, 0.3) is 17.5 Å². The number of nitrogens with zero attached hydrogens (tertiary/aromatic N) is 3. The highest BCUT2D eigenvalue weighted by Crippen LogP contribution is 2.66. The summed E-state index contributed by atoms with van der Waals surface area (Å²) in [5.74, 6) is -6.18. The van der Waals surface area contributed by atoms with Crippen LogP contribution < -0.4 is 9.64 Å². The molecule has 2 aliphatic carbocycles. The summed E-state index contributed by atoms with van der Waals surface area (Å²) in [7, 11) is 1.37. The minimum Gasteiger partial charge on any atom is -0.504 e. The Balaban J connectivity index is 1.53. The largest absolute Gasteiger partial charge is 0.504 e. The van der Waals surface area contributed by atoms with Crippen molar-refractivity contribution in [1.82, 2.24) is 4.90 Å². The summed E-state index contributed by atoms with van der Waals surface area (Å²) in [6.07, 6.45) is 1.70. The fraction of sp³-hybridized carbons (Fsp3) is 0.357. The number of rotatable bonds is 5. The Morgan fingerprint density at radius 1 is 1.14 bits per heavy atom. The van der Waals surface area contributed by atoms with Crippen molar-refractivity contribution >= 4 is 96.7 Å². The van der Waals surface area contributed by atoms with Crippen LogP contribution in [0, 0.1) is 31.4 Å². The molecule has 0 spiro atoms. The normalized spacial score (nSPS) is 31.5. The van der Waals surface area contributed by atoms with E-state index < -0.39 is 62.0 Å². The topological polar surface area (TPSA) is 147 Å². The molecule has 224 valence electrons. The first-order chi connectivity index (χ1) is 20.3. The van der Waals surface area contributed by atoms with E-state index in [0.29, 0.717) is 14.7 Å². The number of nitro benzene ring substituents is 1. The third-order valence-electron chi connectivity index (χ3n) is 8.92. The molecule has 11 nitrogen and oxygen atoms in total. The highest BCUT2D eigenvalue weighted by Gasteiger charge is 2.76. The Kier molecular flexibility index (Phi) is 7.34. The van der Waals surface area contributed by atoms with Gasteiger partial charge in [-0.2, -0.15) is 0 Å². The maximum absolute atomic E-state index is 14.1. The van der Waals surface area contributed by atoms with Crippen molar-refractivity contribution < 1.29 is 33.9 Å². The van der Waals surface area contributed by atoms with E-state index >= 15 is 0 Å². The van der Waals surface area contributed by atoms with E-state index in [1.165, 1.54) is 31.4 Å². The number of fused-ring (bicyclic) bond motifs is 4. The van der Waals surface area contributed by atoms with Gasteiger partial charge in [0.15, 0.2) is 21.2 Å². The van der Waals surface area contributed by atoms with Gasteiger partial charge in [-0.05, 0) is 65.1 Å². The standard InChI is InChI=1S/C28H21BrCl2IN3O8/c1-43-19-8-12(7-18(32)22(19)36)21-15-5-6-16-20(17(15)10-27(30)25(39)33(11-29)26(40)28(21,27)31)24(38)34(23(16)37)13-3-2-4-14(9-13)35(41)42/h2-5,7-9,16-17,20-21,36H,6,10-11H2,1H3. The zero-order chi connectivity index (χ0) is 31.2. The molecular formula is C28H21BrCl2IN3O8. The summed E-state index contributed by atoms with van der Waals surface area (Å²) in [4.78, 5) is 64.1. The van der Waals surface area contributed by atoms with E-state index in [1.807, 2.05) is 22.6 Å². The van der Waals surface area contributed by atoms with Crippen LogP contribution in [0.1, 0.15) is 24.3 Å². The van der Waals surface area contributed by atoms with Gasteiger partial charge in [0, 0.05) is 18.1 Å². The monoisotopic (exact) mass is 803 g/mol. The lowest BCUT2D eigenvalue weighted by Gasteiger charge is -2.50. The Morgan fingerprint density at radius 2 is 1.86 bits per heavy atom. The molecule has 2 saturated heterocycles. The minimum atomic E-state index is -2.01. The number of amides is 4. The predicted molar refractivity (Wildman–Crippen MR) is 166 cm³/mol. The number of alkyl halides is 3. The van der Waals surface area contributed by atoms with Gasteiger partial charge in [-0.15, -0.1) is 23.2 Å². The lowest BCUT2D eigenvalue weighted by molar-refractivity contribution is -0.384. The van der Waals surface area contributed by atoms with E-state index in [2.05, 4.69) is 15.9 Å². The zero-order valence-corrected chi connectivity index (χ0v) is 27.4. The second-order valence-corrected chi connectivity index (χ2v) is 13.7. The molecule has 4 aliphatic rings. The van der Waals surface area contributed by atoms with Crippen LogP contribution in [-0.4, -0.2) is 60.9 Å². The molecule has 6 rings (SSSR count). The molecule has 2 aliphatic heterocycles. The minimum absolute atomic E-state index is 0.0650. The van der Waals surface area contributed by atoms with Gasteiger partial charge in [0.1, 0.15) is 0 Å². The maximum Gasteiger partial charge on any atom is 0.271 e. The quantitative estimate of drug-likeness (QED) is 0.0861. The van der Waals surface area contributed by atoms with Crippen LogP contribution in [0.4, 0.5) is 11.4 Å². The second kappa shape index (κ2) is 10.4. The number of phenols is 1. The Hall–Kier alpha value is -2.75. The van der Waals surface area contributed by atoms with Gasteiger partial charge < -0.3 is 9.84 Å². The zero-order valence-electron chi connectivity index (χ0n) is 22.1. The summed E-state index contributed by atoms with van der Waals surface area (Å²) >= 11 is 19.6. The fourth-order valence-electron chi connectivity index (χ4n) is 7.04. The highest BCUT2D eigenvalue weighted by atomic mass is 127. The molecule has 0 bridgehead atoms. The Bertz CT molecular complexity index is 1690. The number of likely N-dealkylation sites (tertiary alicyclic amines) is 1. The Labute approximate surface area is 276 Å². The molecule has 1 saturated carbocycles. The van der Waals surface area contributed by atoms with Crippen molar-refractivity contribution in [2.75, 3.05) is 17.5 Å². The number of carbonyl (C=O) groups is 4. The molecular weight excluding hydrogens is 784 g/mol. The number of methoxy groups -OCH3 is 1. The fourth-order valence-corrected chi connectivity index (χ4v) is 9.09. The van der Waals surface area contributed by atoms with Crippen molar-refractivity contribution in [1.29, 1.82) is 0 Å². The van der Waals surface area contributed by atoms with E-state index in [9.17, 15) is 34.4 Å². The van der Waals surface area contributed by atoms with Crippen LogP contribution >= 0.6 is 61.7 Å². The van der Waals surface area contributed by atoms with Crippen LogP contribution in [0.25, 0.3) is 0 Å². The molecule has 0 aromatic heterocycles. The van der Waals surface area contributed by atoms with Crippen LogP contribution in [-0.2, 0) is 19.2 Å². The van der Waals surface area contributed by atoms with E-state index in [0.717, 1.165) is 15.9 Å². The first-order valence-electron chi connectivity index (χ1n) is 13.0. The average Bonchev–Trinajstić information content (AvgIpc) is 3.32. The molecule has 6 atom stereocenters. The molecule has 43 heavy (non-hydrogen) atoms. The van der Waals surface area contributed by atoms with Crippen molar-refractivity contribution in [2.24, 2.45) is 17.8 Å². The number of phenolic OH excluding ortho intramolecular Hbond substituents is 1. The smallest absolute Gasteiger partial charge is 0.271 e. The number of aromatic hydroxyl groups is 1. The molecule has 6 unspecified atom stereocenters. The van der Waals surface area contributed by atoms with E-state index in [4.69, 9.17) is 27.9 Å². The summed E-state index contributed by atoms with van der Waals surface area (Å²) < 4.78 is 5.76. The molecule has 1 N–H and O–H groups in total. The number of hydrogen-bond donors (Lipinski definition) is 1. The number of ether oxygens (including phenoxy) is 1. The van der Waals surface area contributed by atoms with Gasteiger partial charge in [-0.3, -0.25) is 34.2 Å². The molecule has 2 aromatic carbocycles. The molecule has 2 aromatic rings. The first-order valence-corrected chi connectivity index (χ1v) is 16.0. The maximum atomic E-state index is 14.1. The molecule has 15 heteroatoms. The highest BCUT2D eigenvalue weighted by molar-refractivity contribution is 14.1. The number of carbonyl (C=O) groups excluding carboxylic acids is 4. The van der Waals surface area contributed by atoms with Gasteiger partial charge in [-0.25, -0.2) is 4.90 Å². The summed E-state index contributed by atoms with van der Waals surface area (Å²) in [6.45, 7) is 0. The number of halogens is 4. The van der Waals surface area contributed by atoms with E-state index in [-0.39, 0.29) is 41.2 Å². The number of allylic oxidation sites excluding steroid dienone is 2. The van der Waals surface area contributed by atoms with Gasteiger partial charge in [0.05, 0.1) is 38.6 Å². The van der Waals surface area contributed by atoms with Crippen LogP contribution in [0.2, 0.25) is 0 Å². The van der Waals surface area contributed by atoms with Crippen LogP contribution in [0.5, 0.6) is 11.5 Å². The number of non-ortho nitro benzene ring substituents is 1. The number of anilines is 1. The molecule has 2 heterocycles. The molecule has 0 radical (unpaired) electrons. The number of imide groups is 2. The predicted octanol–water partition coefficient (Wildman–Crippen LogP) is 4.83. The van der Waals surface area contributed by atoms with Crippen molar-refractivity contribution in [2.45, 2.75) is 28.5 Å². The SMILES string of the molecule is COc1cc(C2C3=CCC4C(=O)N(c5cccc([N+](=O)[O-])c5)C(=O)C4C3CC3(Cl)C(=O)N(CBr)C(=O)C23Cl)cc(I)c1O. The Morgan fingerprint density at radius 3 is 2.51 bits per heavy atom. The number of benzene rings is 2. The molecule has 3 fully saturated rings. The van der Waals surface area contributed by atoms with Crippen LogP contribution in [0.3, 0.4) is 0 Å².